The van der Waals surface area contributed by atoms with Gasteiger partial charge < -0.3 is 59.4 Å². The Morgan fingerprint density at radius 1 is 0.679 bits per heavy atom. The van der Waals surface area contributed by atoms with Crippen molar-refractivity contribution in [2.75, 3.05) is 73.0 Å². The van der Waals surface area contributed by atoms with Crippen molar-refractivity contribution in [1.82, 2.24) is 10.6 Å². The van der Waals surface area contributed by atoms with Gasteiger partial charge in [-0.05, 0) is 59.2 Å². The summed E-state index contributed by atoms with van der Waals surface area (Å²) in [5.74, 6) is 0.482. The van der Waals surface area contributed by atoms with E-state index in [0.29, 0.717) is 63.0 Å². The number of ether oxygens (including phenoxy) is 2. The summed E-state index contributed by atoms with van der Waals surface area (Å²) in [4.78, 5) is 30.1. The third kappa shape index (κ3) is 13.1. The van der Waals surface area contributed by atoms with Gasteiger partial charge in [-0.3, -0.25) is 20.4 Å². The van der Waals surface area contributed by atoms with Gasteiger partial charge >= 0.3 is 0 Å². The first-order valence-corrected chi connectivity index (χ1v) is 20.2. The van der Waals surface area contributed by atoms with Crippen molar-refractivity contribution >= 4 is 69.9 Å². The fourth-order valence-corrected chi connectivity index (χ4v) is 7.08. The molecule has 0 unspecified atom stereocenters. The molecule has 0 aliphatic heterocycles. The molecule has 0 atom stereocenters. The number of amides is 2. The van der Waals surface area contributed by atoms with E-state index < -0.39 is 11.8 Å². The first-order chi connectivity index (χ1) is 26.3. The number of nitrogens with two attached hydrogens (primary N) is 5. The van der Waals surface area contributed by atoms with Crippen LogP contribution in [0.3, 0.4) is 0 Å². The molecule has 0 radical (unpaired) electrons. The van der Waals surface area contributed by atoms with Crippen LogP contribution in [0, 0.1) is 10.8 Å². The van der Waals surface area contributed by atoms with Gasteiger partial charge in [0.1, 0.15) is 24.7 Å². The van der Waals surface area contributed by atoms with Crippen molar-refractivity contribution in [2.45, 2.75) is 69.1 Å². The molecule has 0 fully saturated rings. The number of nitrogens with one attached hydrogen (secondary N) is 6. The third-order valence-electron chi connectivity index (χ3n) is 8.19. The molecule has 306 valence electrons. The Morgan fingerprint density at radius 3 is 1.45 bits per heavy atom. The van der Waals surface area contributed by atoms with Crippen molar-refractivity contribution in [1.29, 1.82) is 10.8 Å². The average Bonchev–Trinajstić information content (AvgIpc) is 3.10. The van der Waals surface area contributed by atoms with Crippen LogP contribution in [0.2, 0.25) is 0 Å². The molecule has 56 heavy (non-hydrogen) atoms. The van der Waals surface area contributed by atoms with E-state index >= 15 is 0 Å². The lowest BCUT2D eigenvalue weighted by atomic mass is 9.86. The van der Waals surface area contributed by atoms with E-state index in [4.69, 9.17) is 49.0 Å². The fourth-order valence-electron chi connectivity index (χ4n) is 5.28. The van der Waals surface area contributed by atoms with E-state index in [1.165, 1.54) is 35.7 Å². The molecule has 3 aromatic rings. The van der Waals surface area contributed by atoms with Gasteiger partial charge in [0.2, 0.25) is 0 Å². The van der Waals surface area contributed by atoms with Gasteiger partial charge in [-0.15, -0.1) is 23.5 Å². The van der Waals surface area contributed by atoms with Crippen LogP contribution in [0.5, 0.6) is 11.5 Å². The van der Waals surface area contributed by atoms with E-state index in [-0.39, 0.29) is 65.7 Å². The van der Waals surface area contributed by atoms with E-state index in [0.717, 1.165) is 11.1 Å². The predicted octanol–water partition coefficient (Wildman–Crippen LogP) is 4.88. The molecule has 15 nitrogen and oxygen atoms in total. The smallest absolute Gasteiger partial charge is 0.259 e. The van der Waals surface area contributed by atoms with Crippen molar-refractivity contribution in [3.05, 3.63) is 58.7 Å². The highest BCUT2D eigenvalue weighted by Gasteiger charge is 2.26. The van der Waals surface area contributed by atoms with E-state index in [9.17, 15) is 9.59 Å². The van der Waals surface area contributed by atoms with E-state index in [2.05, 4.69) is 42.0 Å². The summed E-state index contributed by atoms with van der Waals surface area (Å²) in [6.45, 7) is 15.4. The predicted molar refractivity (Wildman–Crippen MR) is 233 cm³/mol. The highest BCUT2D eigenvalue weighted by atomic mass is 32.2. The van der Waals surface area contributed by atoms with Crippen molar-refractivity contribution in [2.24, 2.45) is 17.2 Å². The molecule has 0 aliphatic rings. The fraction of sp³-hybridized carbons (Fsp3) is 0.436. The van der Waals surface area contributed by atoms with Gasteiger partial charge in [-0.25, -0.2) is 0 Å². The van der Waals surface area contributed by atoms with Gasteiger partial charge in [0.25, 0.3) is 11.8 Å². The highest BCUT2D eigenvalue weighted by Crippen LogP contribution is 2.40. The zero-order valence-electron chi connectivity index (χ0n) is 33.5. The van der Waals surface area contributed by atoms with Crippen molar-refractivity contribution in [3.8, 4) is 11.5 Å². The number of nitrogen functional groups attached to an aromatic ring is 2. The second-order valence-corrected chi connectivity index (χ2v) is 17.2. The summed E-state index contributed by atoms with van der Waals surface area (Å²) < 4.78 is 11.9. The zero-order valence-corrected chi connectivity index (χ0v) is 35.1. The van der Waals surface area contributed by atoms with Gasteiger partial charge in [-0.1, -0.05) is 41.5 Å². The molecule has 0 aliphatic carbocycles. The number of carbonyl (C=O) groups excluding carboxylic acids is 2. The Bertz CT molecular complexity index is 1760. The topological polar surface area (TPSA) is 279 Å². The standard InChI is InChI=1S/C39H59N11O4S2/c1-22(42)47-10-14-55-33-27(43)16-23(38(2,3)4)18-29(33)49-35(51)25-20-26(32(54-13-9-41)21-31(25)53-12-8-40)36(52)50-30-19-24(39(5,6)7)17-28(44)34(30)56-15-11-48-37(45)46/h16-21H,8-15,40-41,43-44H2,1-7H3,(H2,42,47)(H,49,51)(H,50,52)(H4,45,46,48). The molecule has 3 aromatic carbocycles. The SMILES string of the molecule is CC(=N)NCCSc1c(N)cc(C(C)(C)C)cc1NC(=O)c1cc(C(=O)Nc2cc(C(C)(C)C)cc(N)c2SCCNC(=N)N)c(OCCN)cc1OCCN. The molecular formula is C39H59N11O4S2. The number of hydrogen-bond acceptors (Lipinski definition) is 12. The molecule has 0 heterocycles. The number of amidine groups is 1. The van der Waals surface area contributed by atoms with Crippen LogP contribution in [0.25, 0.3) is 0 Å². The average molecular weight is 810 g/mol. The Kier molecular flexibility index (Phi) is 16.6. The van der Waals surface area contributed by atoms with Crippen LogP contribution in [-0.4, -0.2) is 74.5 Å². The maximum absolute atomic E-state index is 14.4. The molecule has 0 aromatic heterocycles. The largest absolute Gasteiger partial charge is 0.491 e. The molecule has 2 amide bonds. The lowest BCUT2D eigenvalue weighted by molar-refractivity contribution is 0.102. The number of anilines is 4. The van der Waals surface area contributed by atoms with E-state index in [1.807, 2.05) is 45.0 Å². The monoisotopic (exact) mass is 809 g/mol. The van der Waals surface area contributed by atoms with Crippen molar-refractivity contribution in [3.63, 3.8) is 0 Å². The molecule has 0 bridgehead atoms. The second-order valence-electron chi connectivity index (χ2n) is 15.0. The Hall–Kier alpha value is -4.84. The summed E-state index contributed by atoms with van der Waals surface area (Å²) >= 11 is 2.85. The first-order valence-electron chi connectivity index (χ1n) is 18.2. The van der Waals surface area contributed by atoms with E-state index in [1.54, 1.807) is 6.92 Å². The molecule has 3 rings (SSSR count). The summed E-state index contributed by atoms with van der Waals surface area (Å²) in [5.41, 5.74) is 33.5. The minimum atomic E-state index is -0.560. The number of thioether (sulfide) groups is 2. The third-order valence-corrected chi connectivity index (χ3v) is 10.5. The maximum Gasteiger partial charge on any atom is 0.259 e. The minimum absolute atomic E-state index is 0.0586. The van der Waals surface area contributed by atoms with Crippen LogP contribution < -0.4 is 59.4 Å². The summed E-state index contributed by atoms with van der Waals surface area (Å²) in [6.07, 6.45) is 0. The molecule has 0 saturated heterocycles. The van der Waals surface area contributed by atoms with Crippen molar-refractivity contribution < 1.29 is 19.1 Å². The Morgan fingerprint density at radius 2 is 1.09 bits per heavy atom. The summed E-state index contributed by atoms with van der Waals surface area (Å²) in [6, 6.07) is 10.5. The Balaban J connectivity index is 2.16. The van der Waals surface area contributed by atoms with Crippen LogP contribution in [0.4, 0.5) is 22.7 Å². The van der Waals surface area contributed by atoms with Gasteiger partial charge in [0, 0.05) is 55.1 Å². The van der Waals surface area contributed by atoms with Crippen LogP contribution in [0.1, 0.15) is 80.3 Å². The summed E-state index contributed by atoms with van der Waals surface area (Å²) in [5, 5.41) is 27.0. The number of rotatable bonds is 18. The quantitative estimate of drug-likeness (QED) is 0.0269. The Labute approximate surface area is 338 Å². The van der Waals surface area contributed by atoms with Gasteiger partial charge in [0.15, 0.2) is 5.96 Å². The zero-order chi connectivity index (χ0) is 41.8. The maximum atomic E-state index is 14.4. The van der Waals surface area contributed by atoms with Crippen LogP contribution in [0.15, 0.2) is 46.2 Å². The molecule has 17 heteroatoms. The number of carbonyl (C=O) groups is 2. The van der Waals surface area contributed by atoms with Crippen LogP contribution in [-0.2, 0) is 10.8 Å². The normalized spacial score (nSPS) is 11.4. The molecular weight excluding hydrogens is 751 g/mol. The first kappa shape index (κ1) is 45.5. The number of hydrogen-bond donors (Lipinski definition) is 11. The summed E-state index contributed by atoms with van der Waals surface area (Å²) in [7, 11) is 0. The highest BCUT2D eigenvalue weighted by molar-refractivity contribution is 7.99. The second kappa shape index (κ2) is 20.4. The number of benzene rings is 3. The van der Waals surface area contributed by atoms with Gasteiger partial charge in [0.05, 0.1) is 38.1 Å². The lowest BCUT2D eigenvalue weighted by Gasteiger charge is -2.24. The van der Waals surface area contributed by atoms with Gasteiger partial charge in [-0.2, -0.15) is 0 Å². The number of guanidine groups is 1. The molecule has 0 saturated carbocycles. The minimum Gasteiger partial charge on any atom is -0.491 e. The molecule has 0 spiro atoms. The van der Waals surface area contributed by atoms with Crippen LogP contribution >= 0.6 is 23.5 Å². The molecule has 16 N–H and O–H groups in total. The lowest BCUT2D eigenvalue weighted by Crippen LogP contribution is -2.31.